The summed E-state index contributed by atoms with van der Waals surface area (Å²) in [4.78, 5) is 32.6. The maximum absolute atomic E-state index is 13.3. The Bertz CT molecular complexity index is 1360. The highest BCUT2D eigenvalue weighted by atomic mass is 16.2. The standard InChI is InChI=1S/C29H29N3O2/c1-21-28(33)32(20-24-10-6-3-7-11-24)27-13-12-25(19-26(27)30-21)29(34)31-16-14-23(15-17-31)18-22-8-4-2-5-9-22/h2-13,19,23H,14-18,20H2,1H3. The van der Waals surface area contributed by atoms with Crippen molar-refractivity contribution >= 4 is 16.9 Å². The zero-order chi connectivity index (χ0) is 23.5. The molecule has 4 aromatic rings. The van der Waals surface area contributed by atoms with Gasteiger partial charge in [0.15, 0.2) is 0 Å². The first-order valence-electron chi connectivity index (χ1n) is 12.0. The molecular weight excluding hydrogens is 422 g/mol. The number of benzene rings is 3. The van der Waals surface area contributed by atoms with E-state index in [9.17, 15) is 9.59 Å². The van der Waals surface area contributed by atoms with Crippen LogP contribution < -0.4 is 5.56 Å². The van der Waals surface area contributed by atoms with Gasteiger partial charge in [-0.05, 0) is 61.4 Å². The number of carbonyl (C=O) groups is 1. The Morgan fingerprint density at radius 2 is 1.56 bits per heavy atom. The molecule has 0 saturated carbocycles. The van der Waals surface area contributed by atoms with Gasteiger partial charge in [0.2, 0.25) is 0 Å². The van der Waals surface area contributed by atoms with E-state index in [1.165, 1.54) is 5.56 Å². The maximum atomic E-state index is 13.3. The number of likely N-dealkylation sites (tertiary alicyclic amines) is 1. The van der Waals surface area contributed by atoms with Crippen molar-refractivity contribution in [3.05, 3.63) is 112 Å². The van der Waals surface area contributed by atoms with Gasteiger partial charge in [0.25, 0.3) is 11.5 Å². The zero-order valence-corrected chi connectivity index (χ0v) is 19.5. The summed E-state index contributed by atoms with van der Waals surface area (Å²) >= 11 is 0. The first kappa shape index (κ1) is 22.1. The minimum absolute atomic E-state index is 0.0420. The summed E-state index contributed by atoms with van der Waals surface area (Å²) in [5.74, 6) is 0.653. The molecule has 5 nitrogen and oxygen atoms in total. The predicted octanol–water partition coefficient (Wildman–Crippen LogP) is 4.85. The third kappa shape index (κ3) is 4.65. The van der Waals surface area contributed by atoms with Crippen LogP contribution in [0.15, 0.2) is 83.7 Å². The van der Waals surface area contributed by atoms with Gasteiger partial charge in [-0.25, -0.2) is 4.98 Å². The number of hydrogen-bond acceptors (Lipinski definition) is 3. The van der Waals surface area contributed by atoms with Gasteiger partial charge in [-0.15, -0.1) is 0 Å². The quantitative estimate of drug-likeness (QED) is 0.436. The molecule has 0 unspecified atom stereocenters. The van der Waals surface area contributed by atoms with Crippen LogP contribution >= 0.6 is 0 Å². The van der Waals surface area contributed by atoms with Crippen molar-refractivity contribution in [2.45, 2.75) is 32.7 Å². The first-order chi connectivity index (χ1) is 16.6. The van der Waals surface area contributed by atoms with Gasteiger partial charge in [0.1, 0.15) is 5.69 Å². The van der Waals surface area contributed by atoms with Crippen LogP contribution in [0.25, 0.3) is 11.0 Å². The van der Waals surface area contributed by atoms with Crippen LogP contribution in [0.3, 0.4) is 0 Å². The number of fused-ring (bicyclic) bond motifs is 1. The highest BCUT2D eigenvalue weighted by Gasteiger charge is 2.24. The lowest BCUT2D eigenvalue weighted by Gasteiger charge is -2.32. The Kier molecular flexibility index (Phi) is 6.26. The van der Waals surface area contributed by atoms with Crippen molar-refractivity contribution in [1.82, 2.24) is 14.5 Å². The van der Waals surface area contributed by atoms with E-state index in [1.807, 2.05) is 59.5 Å². The van der Waals surface area contributed by atoms with E-state index in [1.54, 1.807) is 11.5 Å². The van der Waals surface area contributed by atoms with Crippen LogP contribution in [0, 0.1) is 12.8 Å². The lowest BCUT2D eigenvalue weighted by atomic mass is 9.90. The second kappa shape index (κ2) is 9.64. The molecule has 0 aliphatic carbocycles. The number of aryl methyl sites for hydroxylation is 1. The number of hydrogen-bond donors (Lipinski definition) is 0. The number of aromatic nitrogens is 2. The molecule has 34 heavy (non-hydrogen) atoms. The van der Waals surface area contributed by atoms with Gasteiger partial charge in [0.05, 0.1) is 17.6 Å². The highest BCUT2D eigenvalue weighted by Crippen LogP contribution is 2.24. The molecule has 1 aliphatic heterocycles. The monoisotopic (exact) mass is 451 g/mol. The minimum Gasteiger partial charge on any atom is -0.339 e. The molecule has 5 rings (SSSR count). The SMILES string of the molecule is Cc1nc2cc(C(=O)N3CCC(Cc4ccccc4)CC3)ccc2n(Cc2ccccc2)c1=O. The largest absolute Gasteiger partial charge is 0.339 e. The van der Waals surface area contributed by atoms with E-state index in [4.69, 9.17) is 0 Å². The summed E-state index contributed by atoms with van der Waals surface area (Å²) in [6, 6.07) is 26.0. The van der Waals surface area contributed by atoms with Crippen LogP contribution in [0.5, 0.6) is 0 Å². The zero-order valence-electron chi connectivity index (χ0n) is 19.5. The smallest absolute Gasteiger partial charge is 0.272 e. The van der Waals surface area contributed by atoms with Crippen LogP contribution in [-0.2, 0) is 13.0 Å². The van der Waals surface area contributed by atoms with Crippen LogP contribution in [0.1, 0.15) is 40.0 Å². The molecule has 0 N–H and O–H groups in total. The van der Waals surface area contributed by atoms with E-state index in [-0.39, 0.29) is 11.5 Å². The summed E-state index contributed by atoms with van der Waals surface area (Å²) in [5, 5.41) is 0. The van der Waals surface area contributed by atoms with Crippen molar-refractivity contribution in [3.63, 3.8) is 0 Å². The molecule has 0 spiro atoms. The average molecular weight is 452 g/mol. The molecule has 0 atom stereocenters. The summed E-state index contributed by atoms with van der Waals surface area (Å²) in [7, 11) is 0. The topological polar surface area (TPSA) is 55.2 Å². The highest BCUT2D eigenvalue weighted by molar-refractivity contribution is 5.97. The Balaban J connectivity index is 1.34. The van der Waals surface area contributed by atoms with Gasteiger partial charge in [0, 0.05) is 18.7 Å². The number of nitrogens with zero attached hydrogens (tertiary/aromatic N) is 3. The third-order valence-corrected chi connectivity index (χ3v) is 6.81. The molecule has 1 aliphatic rings. The first-order valence-corrected chi connectivity index (χ1v) is 12.0. The molecule has 1 aromatic heterocycles. The third-order valence-electron chi connectivity index (χ3n) is 6.81. The molecule has 172 valence electrons. The molecular formula is C29H29N3O2. The van der Waals surface area contributed by atoms with Crippen molar-refractivity contribution in [1.29, 1.82) is 0 Å². The number of carbonyl (C=O) groups excluding carboxylic acids is 1. The maximum Gasteiger partial charge on any atom is 0.272 e. The Morgan fingerprint density at radius 1 is 0.912 bits per heavy atom. The van der Waals surface area contributed by atoms with Gasteiger partial charge < -0.3 is 9.47 Å². The van der Waals surface area contributed by atoms with Crippen molar-refractivity contribution in [2.24, 2.45) is 5.92 Å². The van der Waals surface area contributed by atoms with Crippen molar-refractivity contribution in [3.8, 4) is 0 Å². The van der Waals surface area contributed by atoms with E-state index < -0.39 is 0 Å². The molecule has 0 bridgehead atoms. The second-order valence-corrected chi connectivity index (χ2v) is 9.20. The van der Waals surface area contributed by atoms with E-state index in [0.29, 0.717) is 29.2 Å². The second-order valence-electron chi connectivity index (χ2n) is 9.20. The predicted molar refractivity (Wildman–Crippen MR) is 135 cm³/mol. The van der Waals surface area contributed by atoms with Crippen LogP contribution in [0.2, 0.25) is 0 Å². The molecule has 1 fully saturated rings. The Morgan fingerprint density at radius 3 is 2.24 bits per heavy atom. The summed E-state index contributed by atoms with van der Waals surface area (Å²) in [5.41, 5.74) is 4.81. The number of amides is 1. The van der Waals surface area contributed by atoms with Crippen LogP contribution in [-0.4, -0.2) is 33.4 Å². The van der Waals surface area contributed by atoms with Crippen molar-refractivity contribution < 1.29 is 4.79 Å². The van der Waals surface area contributed by atoms with Gasteiger partial charge in [-0.3, -0.25) is 9.59 Å². The van der Waals surface area contributed by atoms with E-state index >= 15 is 0 Å². The van der Waals surface area contributed by atoms with Crippen molar-refractivity contribution in [2.75, 3.05) is 13.1 Å². The van der Waals surface area contributed by atoms with E-state index in [2.05, 4.69) is 29.2 Å². The molecule has 5 heteroatoms. The normalized spacial score (nSPS) is 14.4. The van der Waals surface area contributed by atoms with Gasteiger partial charge in [-0.1, -0.05) is 60.7 Å². The Labute approximate surface area is 199 Å². The van der Waals surface area contributed by atoms with Crippen LogP contribution in [0.4, 0.5) is 0 Å². The fourth-order valence-electron chi connectivity index (χ4n) is 4.90. The lowest BCUT2D eigenvalue weighted by Crippen LogP contribution is -2.39. The number of piperidine rings is 1. The number of rotatable bonds is 5. The van der Waals surface area contributed by atoms with Gasteiger partial charge in [-0.2, -0.15) is 0 Å². The molecule has 2 heterocycles. The summed E-state index contributed by atoms with van der Waals surface area (Å²) in [6.07, 6.45) is 3.10. The lowest BCUT2D eigenvalue weighted by molar-refractivity contribution is 0.0690. The molecule has 1 saturated heterocycles. The van der Waals surface area contributed by atoms with E-state index in [0.717, 1.165) is 43.4 Å². The average Bonchev–Trinajstić information content (AvgIpc) is 2.88. The summed E-state index contributed by atoms with van der Waals surface area (Å²) < 4.78 is 1.75. The minimum atomic E-state index is -0.101. The molecule has 0 radical (unpaired) electrons. The fourth-order valence-corrected chi connectivity index (χ4v) is 4.90. The summed E-state index contributed by atoms with van der Waals surface area (Å²) in [6.45, 7) is 3.75. The Hall–Kier alpha value is -3.73. The molecule has 3 aromatic carbocycles. The fraction of sp³-hybridized carbons (Fsp3) is 0.276. The molecule has 1 amide bonds. The van der Waals surface area contributed by atoms with Gasteiger partial charge >= 0.3 is 0 Å².